The number of hydrogen-bond donors (Lipinski definition) is 1. The van der Waals surface area contributed by atoms with Crippen LogP contribution in [-0.4, -0.2) is 14.8 Å². The van der Waals surface area contributed by atoms with E-state index in [1.165, 1.54) is 0 Å². The maximum atomic E-state index is 5.73. The highest BCUT2D eigenvalue weighted by molar-refractivity contribution is 9.11. The number of hydrogen-bond acceptors (Lipinski definition) is 4. The van der Waals surface area contributed by atoms with Crippen LogP contribution >= 0.6 is 31.9 Å². The van der Waals surface area contributed by atoms with E-state index in [9.17, 15) is 0 Å². The zero-order valence-electron chi connectivity index (χ0n) is 9.73. The number of aromatic nitrogens is 3. The first kappa shape index (κ1) is 13.5. The number of aryl methyl sites for hydroxylation is 1. The first-order valence-corrected chi connectivity index (χ1v) is 6.84. The van der Waals surface area contributed by atoms with Crippen LogP contribution in [0.5, 0.6) is 5.75 Å². The molecule has 0 aliphatic carbocycles. The van der Waals surface area contributed by atoms with Gasteiger partial charge in [-0.05, 0) is 49.6 Å². The predicted octanol–water partition coefficient (Wildman–Crippen LogP) is 2.38. The van der Waals surface area contributed by atoms with Gasteiger partial charge in [-0.1, -0.05) is 0 Å². The van der Waals surface area contributed by atoms with E-state index >= 15 is 0 Å². The quantitative estimate of drug-likeness (QED) is 0.890. The molecule has 0 saturated heterocycles. The SMILES string of the molecule is Cn1cnnc1COc1c(Br)cc(CN)cc1Br. The van der Waals surface area contributed by atoms with Gasteiger partial charge in [0.1, 0.15) is 18.7 Å². The number of rotatable bonds is 4. The van der Waals surface area contributed by atoms with E-state index in [1.54, 1.807) is 6.33 Å². The first-order valence-electron chi connectivity index (χ1n) is 5.25. The summed E-state index contributed by atoms with van der Waals surface area (Å²) in [5.41, 5.74) is 6.63. The Morgan fingerprint density at radius 2 is 2.00 bits per heavy atom. The van der Waals surface area contributed by atoms with Gasteiger partial charge >= 0.3 is 0 Å². The van der Waals surface area contributed by atoms with Crippen LogP contribution < -0.4 is 10.5 Å². The smallest absolute Gasteiger partial charge is 0.170 e. The van der Waals surface area contributed by atoms with Gasteiger partial charge in [0, 0.05) is 13.6 Å². The third-order valence-electron chi connectivity index (χ3n) is 2.44. The summed E-state index contributed by atoms with van der Waals surface area (Å²) in [6.45, 7) is 0.844. The average Bonchev–Trinajstić information content (AvgIpc) is 2.73. The van der Waals surface area contributed by atoms with Gasteiger partial charge in [0.05, 0.1) is 8.95 Å². The molecule has 1 aromatic carbocycles. The Kier molecular flexibility index (Phi) is 4.36. The van der Waals surface area contributed by atoms with E-state index in [2.05, 4.69) is 42.1 Å². The largest absolute Gasteiger partial charge is 0.483 e. The molecule has 0 radical (unpaired) electrons. The van der Waals surface area contributed by atoms with Crippen molar-refractivity contribution in [3.8, 4) is 5.75 Å². The Morgan fingerprint density at radius 1 is 1.33 bits per heavy atom. The van der Waals surface area contributed by atoms with Gasteiger partial charge in [-0.3, -0.25) is 0 Å². The summed E-state index contributed by atoms with van der Waals surface area (Å²) < 4.78 is 9.27. The van der Waals surface area contributed by atoms with Crippen molar-refractivity contribution in [3.63, 3.8) is 0 Å². The van der Waals surface area contributed by atoms with Crippen LogP contribution in [0.2, 0.25) is 0 Å². The molecule has 0 fully saturated rings. The monoisotopic (exact) mass is 374 g/mol. The molecule has 2 rings (SSSR count). The van der Waals surface area contributed by atoms with Crippen molar-refractivity contribution >= 4 is 31.9 Å². The Labute approximate surface area is 122 Å². The third-order valence-corrected chi connectivity index (χ3v) is 3.62. The maximum Gasteiger partial charge on any atom is 0.170 e. The van der Waals surface area contributed by atoms with Crippen LogP contribution in [0, 0.1) is 0 Å². The van der Waals surface area contributed by atoms with Crippen LogP contribution in [0.3, 0.4) is 0 Å². The van der Waals surface area contributed by atoms with Crippen LogP contribution in [0.15, 0.2) is 27.4 Å². The van der Waals surface area contributed by atoms with Gasteiger partial charge in [0.25, 0.3) is 0 Å². The van der Waals surface area contributed by atoms with Gasteiger partial charge in [-0.15, -0.1) is 10.2 Å². The molecule has 0 spiro atoms. The molecule has 2 aromatic rings. The molecule has 96 valence electrons. The van der Waals surface area contributed by atoms with Crippen molar-refractivity contribution in [1.29, 1.82) is 0 Å². The molecule has 0 bridgehead atoms. The molecule has 0 amide bonds. The third kappa shape index (κ3) is 2.90. The molecule has 7 heteroatoms. The Morgan fingerprint density at radius 3 is 2.50 bits per heavy atom. The van der Waals surface area contributed by atoms with Gasteiger partial charge in [-0.25, -0.2) is 0 Å². The second-order valence-electron chi connectivity index (χ2n) is 3.74. The molecule has 0 aliphatic rings. The summed E-state index contributed by atoms with van der Waals surface area (Å²) in [7, 11) is 1.88. The van der Waals surface area contributed by atoms with Crippen LogP contribution in [0.25, 0.3) is 0 Å². The lowest BCUT2D eigenvalue weighted by molar-refractivity contribution is 0.287. The topological polar surface area (TPSA) is 66.0 Å². The van der Waals surface area contributed by atoms with Crippen molar-refractivity contribution in [2.45, 2.75) is 13.2 Å². The standard InChI is InChI=1S/C11H12Br2N4O/c1-17-6-15-16-10(17)5-18-11-8(12)2-7(4-14)3-9(11)13/h2-3,6H,4-5,14H2,1H3. The normalized spacial score (nSPS) is 10.7. The molecular weight excluding hydrogens is 364 g/mol. The number of benzene rings is 1. The maximum absolute atomic E-state index is 5.73. The van der Waals surface area contributed by atoms with Crippen molar-refractivity contribution in [1.82, 2.24) is 14.8 Å². The summed E-state index contributed by atoms with van der Waals surface area (Å²) >= 11 is 6.94. The van der Waals surface area contributed by atoms with Gasteiger partial charge in [-0.2, -0.15) is 0 Å². The summed E-state index contributed by atoms with van der Waals surface area (Å²) in [5.74, 6) is 1.49. The summed E-state index contributed by atoms with van der Waals surface area (Å²) in [6.07, 6.45) is 1.64. The van der Waals surface area contributed by atoms with Gasteiger partial charge in [0.2, 0.25) is 0 Å². The highest BCUT2D eigenvalue weighted by Crippen LogP contribution is 2.35. The molecule has 18 heavy (non-hydrogen) atoms. The van der Waals surface area contributed by atoms with Crippen LogP contribution in [0.1, 0.15) is 11.4 Å². The molecule has 0 unspecified atom stereocenters. The lowest BCUT2D eigenvalue weighted by Crippen LogP contribution is -2.04. The van der Waals surface area contributed by atoms with E-state index in [0.717, 1.165) is 26.1 Å². The molecule has 5 nitrogen and oxygen atoms in total. The molecule has 0 atom stereocenters. The molecular formula is C11H12Br2N4O. The van der Waals surface area contributed by atoms with Crippen molar-refractivity contribution < 1.29 is 4.74 Å². The number of halogens is 2. The summed E-state index contributed by atoms with van der Waals surface area (Å²) in [6, 6.07) is 3.88. The highest BCUT2D eigenvalue weighted by atomic mass is 79.9. The fourth-order valence-electron chi connectivity index (χ4n) is 1.44. The number of nitrogens with zero attached hydrogens (tertiary/aromatic N) is 3. The van der Waals surface area contributed by atoms with Crippen molar-refractivity contribution in [2.24, 2.45) is 12.8 Å². The minimum atomic E-state index is 0.357. The zero-order valence-corrected chi connectivity index (χ0v) is 12.9. The minimum Gasteiger partial charge on any atom is -0.483 e. The summed E-state index contributed by atoms with van der Waals surface area (Å²) in [5, 5.41) is 7.76. The van der Waals surface area contributed by atoms with E-state index in [0.29, 0.717) is 13.2 Å². The minimum absolute atomic E-state index is 0.357. The zero-order chi connectivity index (χ0) is 13.1. The van der Waals surface area contributed by atoms with Crippen molar-refractivity contribution in [3.05, 3.63) is 38.8 Å². The number of ether oxygens (including phenoxy) is 1. The van der Waals surface area contributed by atoms with Gasteiger partial charge in [0.15, 0.2) is 5.82 Å². The second kappa shape index (κ2) is 5.81. The fourth-order valence-corrected chi connectivity index (χ4v) is 2.95. The number of nitrogens with two attached hydrogens (primary N) is 1. The van der Waals surface area contributed by atoms with E-state index in [1.807, 2.05) is 23.7 Å². The average molecular weight is 376 g/mol. The Hall–Kier alpha value is -0.920. The molecule has 2 N–H and O–H groups in total. The van der Waals surface area contributed by atoms with E-state index in [4.69, 9.17) is 10.5 Å². The molecule has 0 saturated carbocycles. The Bertz CT molecular complexity index is 533. The van der Waals surface area contributed by atoms with Crippen molar-refractivity contribution in [2.75, 3.05) is 0 Å². The van der Waals surface area contributed by atoms with Gasteiger partial charge < -0.3 is 15.0 Å². The molecule has 1 heterocycles. The lowest BCUT2D eigenvalue weighted by atomic mass is 10.2. The lowest BCUT2D eigenvalue weighted by Gasteiger charge is -2.11. The second-order valence-corrected chi connectivity index (χ2v) is 5.45. The Balaban J connectivity index is 2.17. The van der Waals surface area contributed by atoms with E-state index in [-0.39, 0.29) is 0 Å². The predicted molar refractivity (Wildman–Crippen MR) is 75.1 cm³/mol. The highest BCUT2D eigenvalue weighted by Gasteiger charge is 2.10. The molecule has 1 aromatic heterocycles. The fraction of sp³-hybridized carbons (Fsp3) is 0.273. The van der Waals surface area contributed by atoms with Crippen LogP contribution in [0.4, 0.5) is 0 Å². The summed E-state index contributed by atoms with van der Waals surface area (Å²) in [4.78, 5) is 0. The van der Waals surface area contributed by atoms with E-state index < -0.39 is 0 Å². The van der Waals surface area contributed by atoms with Crippen LogP contribution in [-0.2, 0) is 20.2 Å². The molecule has 0 aliphatic heterocycles. The first-order chi connectivity index (χ1) is 8.61.